The number of methoxy groups -OCH3 is 1. The van der Waals surface area contributed by atoms with Gasteiger partial charge in [0.15, 0.2) is 17.7 Å². The summed E-state index contributed by atoms with van der Waals surface area (Å²) < 4.78 is 31.2. The second kappa shape index (κ2) is 14.9. The Morgan fingerprint density at radius 1 is 1.11 bits per heavy atom. The van der Waals surface area contributed by atoms with Crippen LogP contribution in [0.3, 0.4) is 0 Å². The molecule has 0 aromatic carbocycles. The second-order valence-electron chi connectivity index (χ2n) is 14.3. The van der Waals surface area contributed by atoms with Crippen LogP contribution in [-0.4, -0.2) is 127 Å². The van der Waals surface area contributed by atoms with Gasteiger partial charge in [-0.3, -0.25) is 19.5 Å². The number of hydrogen-bond acceptors (Lipinski definition) is 11. The quantitative estimate of drug-likeness (QED) is 0.257. The lowest BCUT2D eigenvalue weighted by atomic mass is 9.73. The highest BCUT2D eigenvalue weighted by molar-refractivity contribution is 6.00. The van der Waals surface area contributed by atoms with Gasteiger partial charge in [0.1, 0.15) is 18.1 Å². The van der Waals surface area contributed by atoms with Crippen molar-refractivity contribution in [3.8, 4) is 12.3 Å². The summed E-state index contributed by atoms with van der Waals surface area (Å²) in [5.41, 5.74) is -0.365. The Bertz CT molecular complexity index is 1240. The topological polar surface area (TPSA) is 136 Å². The number of Topliss-reactive ketones (excluding diaryl/α,β-unsaturated/α-hetero) is 1. The van der Waals surface area contributed by atoms with E-state index in [9.17, 15) is 19.5 Å². The number of esters is 1. The molecule has 47 heavy (non-hydrogen) atoms. The Hall–Kier alpha value is -2.56. The van der Waals surface area contributed by atoms with Crippen molar-refractivity contribution in [3.63, 3.8) is 0 Å². The van der Waals surface area contributed by atoms with Crippen LogP contribution in [0.1, 0.15) is 67.7 Å². The summed E-state index contributed by atoms with van der Waals surface area (Å²) in [7, 11) is 5.41. The van der Waals surface area contributed by atoms with Gasteiger partial charge in [-0.2, -0.15) is 0 Å². The molecule has 4 aliphatic heterocycles. The highest BCUT2D eigenvalue weighted by atomic mass is 16.7. The predicted octanol–water partition coefficient (Wildman–Crippen LogP) is 2.94. The highest BCUT2D eigenvalue weighted by Gasteiger charge is 2.60. The van der Waals surface area contributed by atoms with Crippen molar-refractivity contribution in [2.24, 2.45) is 34.6 Å². The Balaban J connectivity index is 1.84. The number of amides is 1. The molecule has 0 saturated carbocycles. The number of fused-ring (bicyclic) bond motifs is 1. The number of carbonyl (C=O) groups excluding carboxylic acids is 3. The molecule has 0 aromatic rings. The summed E-state index contributed by atoms with van der Waals surface area (Å²) in [5, 5.41) is 11.4. The van der Waals surface area contributed by atoms with Crippen LogP contribution in [-0.2, 0) is 33.3 Å². The predicted molar refractivity (Wildman–Crippen MR) is 175 cm³/mol. The average Bonchev–Trinajstić information content (AvgIpc) is 3.15. The summed E-state index contributed by atoms with van der Waals surface area (Å²) in [5.74, 6) is -1.88. The van der Waals surface area contributed by atoms with E-state index < -0.39 is 77.9 Å². The number of aliphatic hydroxyl groups is 1. The van der Waals surface area contributed by atoms with E-state index in [0.717, 1.165) is 5.71 Å². The van der Waals surface area contributed by atoms with Crippen LogP contribution in [0, 0.1) is 41.9 Å². The third kappa shape index (κ3) is 6.97. The van der Waals surface area contributed by atoms with E-state index in [2.05, 4.69) is 5.92 Å². The van der Waals surface area contributed by atoms with Crippen LogP contribution in [0.15, 0.2) is 4.99 Å². The first-order valence-corrected chi connectivity index (χ1v) is 17.0. The number of likely N-dealkylation sites (N-methyl/N-ethyl adjacent to an activating group) is 1. The molecule has 2 unspecified atom stereocenters. The molecule has 12 heteroatoms. The number of cyclic esters (lactones) is 1. The zero-order chi connectivity index (χ0) is 35.0. The minimum Gasteiger partial charge on any atom is -0.457 e. The molecular formula is C35H55N3O9. The first kappa shape index (κ1) is 37.3. The van der Waals surface area contributed by atoms with Gasteiger partial charge in [-0.1, -0.05) is 34.6 Å². The maximum absolute atomic E-state index is 14.4. The molecule has 2 bridgehead atoms. The van der Waals surface area contributed by atoms with Gasteiger partial charge in [-0.05, 0) is 40.8 Å². The van der Waals surface area contributed by atoms with Crippen LogP contribution in [0.5, 0.6) is 0 Å². The van der Waals surface area contributed by atoms with Crippen LogP contribution < -0.4 is 0 Å². The molecule has 3 fully saturated rings. The highest BCUT2D eigenvalue weighted by Crippen LogP contribution is 2.43. The van der Waals surface area contributed by atoms with E-state index in [0.29, 0.717) is 25.9 Å². The van der Waals surface area contributed by atoms with E-state index in [1.807, 2.05) is 53.6 Å². The number of carbonyl (C=O) groups is 3. The molecule has 1 amide bonds. The van der Waals surface area contributed by atoms with Crippen molar-refractivity contribution >= 4 is 23.6 Å². The van der Waals surface area contributed by atoms with Gasteiger partial charge in [0.25, 0.3) is 0 Å². The minimum absolute atomic E-state index is 0.175. The third-order valence-electron chi connectivity index (χ3n) is 11.0. The minimum atomic E-state index is -1.28. The van der Waals surface area contributed by atoms with Gasteiger partial charge in [0, 0.05) is 55.5 Å². The standard InChI is InChI=1S/C35H55N3O9/c1-12-14-23-27(39)21(6)30(46-33-28(40)24(37(9)10)17-18(3)44-33)22(7)29(43-11)19(4)26-20(5)31-35(8,25(13-2)45-32(23)41)47-34(42)38(31)16-15-36-26/h1,18-25,28-31,33,40H,13-17H2,2-11H3/t18-,19+,20+,21+,22+,23?,24+,25-,28-,29+,30-,31?,33+,35-/m1/s1. The summed E-state index contributed by atoms with van der Waals surface area (Å²) in [6.45, 7) is 14.0. The van der Waals surface area contributed by atoms with Gasteiger partial charge < -0.3 is 33.7 Å². The first-order chi connectivity index (χ1) is 22.1. The van der Waals surface area contributed by atoms with Crippen molar-refractivity contribution in [2.45, 2.75) is 122 Å². The monoisotopic (exact) mass is 661 g/mol. The molecule has 1 N–H and O–H groups in total. The maximum Gasteiger partial charge on any atom is 0.410 e. The molecule has 4 rings (SSSR count). The van der Waals surface area contributed by atoms with E-state index in [-0.39, 0.29) is 30.4 Å². The second-order valence-corrected chi connectivity index (χ2v) is 14.3. The summed E-state index contributed by atoms with van der Waals surface area (Å²) in [4.78, 5) is 50.2. The molecule has 4 heterocycles. The number of aliphatic hydroxyl groups excluding tert-OH is 1. The van der Waals surface area contributed by atoms with Gasteiger partial charge in [-0.25, -0.2) is 4.79 Å². The van der Waals surface area contributed by atoms with Crippen molar-refractivity contribution in [2.75, 3.05) is 34.3 Å². The maximum atomic E-state index is 14.4. The molecule has 0 aliphatic carbocycles. The fourth-order valence-corrected chi connectivity index (χ4v) is 8.60. The number of aliphatic imine (C=N–C) groups is 1. The third-order valence-corrected chi connectivity index (χ3v) is 11.0. The molecule has 14 atom stereocenters. The van der Waals surface area contributed by atoms with E-state index in [1.165, 1.54) is 0 Å². The lowest BCUT2D eigenvalue weighted by Gasteiger charge is -2.45. The van der Waals surface area contributed by atoms with Crippen LogP contribution in [0.2, 0.25) is 0 Å². The molecule has 264 valence electrons. The van der Waals surface area contributed by atoms with Gasteiger partial charge in [-0.15, -0.1) is 12.3 Å². The molecular weight excluding hydrogens is 606 g/mol. The smallest absolute Gasteiger partial charge is 0.410 e. The summed E-state index contributed by atoms with van der Waals surface area (Å²) in [6, 6.07) is -0.721. The van der Waals surface area contributed by atoms with E-state index >= 15 is 0 Å². The molecule has 0 aromatic heterocycles. The average molecular weight is 662 g/mol. The number of nitrogens with zero attached hydrogens (tertiary/aromatic N) is 3. The van der Waals surface area contributed by atoms with Crippen molar-refractivity contribution < 1.29 is 43.2 Å². The summed E-state index contributed by atoms with van der Waals surface area (Å²) in [6.07, 6.45) is 1.56. The van der Waals surface area contributed by atoms with Crippen LogP contribution in [0.25, 0.3) is 0 Å². The number of ketones is 1. The van der Waals surface area contributed by atoms with Crippen molar-refractivity contribution in [3.05, 3.63) is 0 Å². The fourth-order valence-electron chi connectivity index (χ4n) is 8.60. The Labute approximate surface area is 279 Å². The summed E-state index contributed by atoms with van der Waals surface area (Å²) >= 11 is 0. The zero-order valence-corrected chi connectivity index (χ0v) is 29.7. The van der Waals surface area contributed by atoms with E-state index in [1.54, 1.807) is 25.9 Å². The molecule has 0 radical (unpaired) electrons. The Kier molecular flexibility index (Phi) is 11.8. The van der Waals surface area contributed by atoms with E-state index in [4.69, 9.17) is 35.1 Å². The number of terminal acetylenes is 1. The molecule has 3 saturated heterocycles. The van der Waals surface area contributed by atoms with Gasteiger partial charge >= 0.3 is 12.1 Å². The van der Waals surface area contributed by atoms with Crippen molar-refractivity contribution in [1.82, 2.24) is 9.80 Å². The fraction of sp³-hybridized carbons (Fsp3) is 0.829. The van der Waals surface area contributed by atoms with Gasteiger partial charge in [0.2, 0.25) is 0 Å². The van der Waals surface area contributed by atoms with Crippen LogP contribution >= 0.6 is 0 Å². The van der Waals surface area contributed by atoms with Gasteiger partial charge in [0.05, 0.1) is 30.9 Å². The number of rotatable bonds is 6. The van der Waals surface area contributed by atoms with Crippen molar-refractivity contribution in [1.29, 1.82) is 0 Å². The van der Waals surface area contributed by atoms with Crippen LogP contribution in [0.4, 0.5) is 4.79 Å². The number of ether oxygens (including phenoxy) is 5. The lowest BCUT2D eigenvalue weighted by Crippen LogP contribution is -2.59. The SMILES string of the molecule is C#CCC1C(=O)O[C@H](CC)[C@@]2(C)OC(=O)N3CCN=C([C@H](C)C32)[C@H](C)[C@H](OC)[C@H](C)[C@H](O[C@@H]2O[C@H](C)C[C@H](N(C)C)[C@H]2O)[C@@H](C)C1=O. The Morgan fingerprint density at radius 2 is 1.79 bits per heavy atom. The zero-order valence-electron chi connectivity index (χ0n) is 29.7. The number of hydrogen-bond donors (Lipinski definition) is 1. The molecule has 4 aliphatic rings. The normalized spacial score (nSPS) is 43.4. The largest absolute Gasteiger partial charge is 0.457 e. The molecule has 12 nitrogen and oxygen atoms in total. The molecule has 0 spiro atoms. The lowest BCUT2D eigenvalue weighted by molar-refractivity contribution is -0.281. The first-order valence-electron chi connectivity index (χ1n) is 17.0. The Morgan fingerprint density at radius 3 is 2.38 bits per heavy atom.